The predicted octanol–water partition coefficient (Wildman–Crippen LogP) is 3.05. The molecule has 9 heteroatoms. The highest BCUT2D eigenvalue weighted by atomic mass is 16.5. The molecule has 2 fully saturated rings. The first kappa shape index (κ1) is 25.4. The highest BCUT2D eigenvalue weighted by molar-refractivity contribution is 5.95. The molecule has 1 aromatic carbocycles. The number of nitrogens with zero attached hydrogens (tertiary/aromatic N) is 3. The van der Waals surface area contributed by atoms with Crippen LogP contribution < -0.4 is 15.0 Å². The number of carbonyl (C=O) groups excluding carboxylic acids is 1. The van der Waals surface area contributed by atoms with Crippen molar-refractivity contribution in [2.24, 2.45) is 11.3 Å². The lowest BCUT2D eigenvalue weighted by Crippen LogP contribution is -2.34. The van der Waals surface area contributed by atoms with E-state index in [0.29, 0.717) is 29.4 Å². The van der Waals surface area contributed by atoms with Gasteiger partial charge in [-0.05, 0) is 79.3 Å². The van der Waals surface area contributed by atoms with E-state index in [1.165, 1.54) is 0 Å². The van der Waals surface area contributed by atoms with E-state index in [0.717, 1.165) is 68.3 Å². The third-order valence-electron chi connectivity index (χ3n) is 7.32. The second kappa shape index (κ2) is 11.0. The zero-order valence-corrected chi connectivity index (χ0v) is 21.0. The molecule has 2 atom stereocenters. The summed E-state index contributed by atoms with van der Waals surface area (Å²) in [6, 6.07) is 5.39. The fourth-order valence-corrected chi connectivity index (χ4v) is 4.72. The Kier molecular flexibility index (Phi) is 7.96. The number of hydrogen-bond donors (Lipinski definition) is 3. The molecule has 0 spiro atoms. The lowest BCUT2D eigenvalue weighted by molar-refractivity contribution is 0.0801. The first-order chi connectivity index (χ1) is 16.8. The summed E-state index contributed by atoms with van der Waals surface area (Å²) in [6.07, 6.45) is 4.50. The van der Waals surface area contributed by atoms with E-state index < -0.39 is 6.10 Å². The number of hydrogen-bond acceptors (Lipinski definition) is 8. The molecule has 2 aliphatic rings. The summed E-state index contributed by atoms with van der Waals surface area (Å²) < 4.78 is 11.4. The van der Waals surface area contributed by atoms with Crippen molar-refractivity contribution in [3.63, 3.8) is 0 Å². The monoisotopic (exact) mass is 486 g/mol. The first-order valence-electron chi connectivity index (χ1n) is 12.7. The summed E-state index contributed by atoms with van der Waals surface area (Å²) in [6.45, 7) is 8.51. The summed E-state index contributed by atoms with van der Waals surface area (Å²) in [7, 11) is 0. The van der Waals surface area contributed by atoms with Gasteiger partial charge in [-0.3, -0.25) is 4.79 Å². The first-order valence-corrected chi connectivity index (χ1v) is 12.7. The molecule has 1 saturated carbocycles. The molecule has 35 heavy (non-hydrogen) atoms. The van der Waals surface area contributed by atoms with Crippen LogP contribution in [0.3, 0.4) is 0 Å². The minimum Gasteiger partial charge on any atom is -0.494 e. The van der Waals surface area contributed by atoms with Crippen molar-refractivity contribution in [3.05, 3.63) is 35.2 Å². The largest absolute Gasteiger partial charge is 0.494 e. The number of anilines is 1. The minimum atomic E-state index is -0.957. The van der Waals surface area contributed by atoms with Gasteiger partial charge in [0.2, 0.25) is 5.89 Å². The van der Waals surface area contributed by atoms with Gasteiger partial charge >= 0.3 is 0 Å². The van der Waals surface area contributed by atoms with Gasteiger partial charge < -0.3 is 29.7 Å². The second-order valence-corrected chi connectivity index (χ2v) is 10.6. The van der Waals surface area contributed by atoms with Gasteiger partial charge in [0.25, 0.3) is 11.9 Å². The van der Waals surface area contributed by atoms with Crippen molar-refractivity contribution < 1.29 is 24.3 Å². The number of piperidine rings is 1. The number of aromatic nitrogens is 2. The van der Waals surface area contributed by atoms with Crippen molar-refractivity contribution in [2.45, 2.75) is 64.9 Å². The molecule has 2 aromatic rings. The molecular weight excluding hydrogens is 448 g/mol. The molecule has 3 N–H and O–H groups in total. The van der Waals surface area contributed by atoms with Crippen molar-refractivity contribution in [3.8, 4) is 5.75 Å². The minimum absolute atomic E-state index is 0.0148. The van der Waals surface area contributed by atoms with Crippen LogP contribution in [0.2, 0.25) is 0 Å². The Morgan fingerprint density at radius 3 is 2.74 bits per heavy atom. The third kappa shape index (κ3) is 6.52. The molecule has 9 nitrogen and oxygen atoms in total. The number of ether oxygens (including phenoxy) is 1. The smallest absolute Gasteiger partial charge is 0.266 e. The molecule has 1 unspecified atom stereocenters. The lowest BCUT2D eigenvalue weighted by atomic mass is 9.92. The fourth-order valence-electron chi connectivity index (χ4n) is 4.72. The van der Waals surface area contributed by atoms with Crippen LogP contribution in [0.4, 0.5) is 5.95 Å². The Balaban J connectivity index is 1.14. The molecule has 4 rings (SSSR count). The molecule has 1 aliphatic carbocycles. The Bertz CT molecular complexity index is 999. The van der Waals surface area contributed by atoms with Crippen LogP contribution in [0, 0.1) is 18.3 Å². The number of rotatable bonds is 11. The Hall–Kier alpha value is -2.65. The molecule has 1 aromatic heterocycles. The number of aliphatic hydroxyl groups is 2. The average molecular weight is 487 g/mol. The van der Waals surface area contributed by atoms with E-state index in [1.54, 1.807) is 12.1 Å². The van der Waals surface area contributed by atoms with Crippen LogP contribution in [0.1, 0.15) is 73.7 Å². The topological polar surface area (TPSA) is 121 Å². The van der Waals surface area contributed by atoms with Gasteiger partial charge in [0, 0.05) is 31.1 Å². The van der Waals surface area contributed by atoms with Crippen molar-refractivity contribution >= 4 is 11.9 Å². The van der Waals surface area contributed by atoms with Gasteiger partial charge in [-0.1, -0.05) is 13.8 Å². The maximum atomic E-state index is 12.2. The second-order valence-electron chi connectivity index (χ2n) is 10.6. The number of aliphatic hydroxyl groups excluding tert-OH is 2. The molecule has 1 amide bonds. The highest BCUT2D eigenvalue weighted by Crippen LogP contribution is 2.58. The average Bonchev–Trinajstić information content (AvgIpc) is 3.24. The number of carbonyl (C=O) groups is 1. The predicted molar refractivity (Wildman–Crippen MR) is 132 cm³/mol. The van der Waals surface area contributed by atoms with Crippen LogP contribution in [0.5, 0.6) is 5.75 Å². The van der Waals surface area contributed by atoms with Gasteiger partial charge in [0.15, 0.2) is 0 Å². The summed E-state index contributed by atoms with van der Waals surface area (Å²) in [4.78, 5) is 19.1. The normalized spacial score (nSPS) is 20.5. The van der Waals surface area contributed by atoms with Crippen LogP contribution in [0.15, 0.2) is 22.7 Å². The molecule has 0 radical (unpaired) electrons. The summed E-state index contributed by atoms with van der Waals surface area (Å²) >= 11 is 0. The van der Waals surface area contributed by atoms with E-state index in [-0.39, 0.29) is 19.1 Å². The van der Waals surface area contributed by atoms with Gasteiger partial charge in [0.05, 0.1) is 19.3 Å². The van der Waals surface area contributed by atoms with Gasteiger partial charge in [-0.25, -0.2) is 0 Å². The zero-order chi connectivity index (χ0) is 25.0. The fraction of sp³-hybridized carbons (Fsp3) is 0.654. The summed E-state index contributed by atoms with van der Waals surface area (Å²) in [5.74, 6) is 3.07. The van der Waals surface area contributed by atoms with Gasteiger partial charge in [-0.2, -0.15) is 4.98 Å². The third-order valence-corrected chi connectivity index (χ3v) is 7.32. The van der Waals surface area contributed by atoms with Crippen LogP contribution in [-0.4, -0.2) is 65.2 Å². The maximum Gasteiger partial charge on any atom is 0.266 e. The molecule has 1 aliphatic heterocycles. The Labute approximate surface area is 206 Å². The van der Waals surface area contributed by atoms with Crippen LogP contribution in [0.25, 0.3) is 0 Å². The van der Waals surface area contributed by atoms with Gasteiger partial charge in [-0.15, -0.1) is 0 Å². The zero-order valence-electron chi connectivity index (χ0n) is 21.0. The molecule has 192 valence electrons. The van der Waals surface area contributed by atoms with E-state index in [9.17, 15) is 9.90 Å². The Morgan fingerprint density at radius 1 is 1.34 bits per heavy atom. The van der Waals surface area contributed by atoms with E-state index in [1.807, 2.05) is 13.0 Å². The molecule has 0 bridgehead atoms. The molecular formula is C26H38N4O5. The van der Waals surface area contributed by atoms with E-state index >= 15 is 0 Å². The van der Waals surface area contributed by atoms with Gasteiger partial charge in [0.1, 0.15) is 5.75 Å². The number of amides is 1. The van der Waals surface area contributed by atoms with Crippen LogP contribution >= 0.6 is 0 Å². The van der Waals surface area contributed by atoms with E-state index in [4.69, 9.17) is 14.4 Å². The quantitative estimate of drug-likeness (QED) is 0.415. The Morgan fingerprint density at radius 2 is 2.09 bits per heavy atom. The number of benzene rings is 1. The molecule has 1 saturated heterocycles. The maximum absolute atomic E-state index is 12.2. The van der Waals surface area contributed by atoms with Crippen LogP contribution in [-0.2, 0) is 0 Å². The SMILES string of the molecule is Cc1cc(OCCCC2CCN(c3noc(C4CC4(C)C)n3)CC2)ccc1C(=O)NC[C@H](O)CO. The standard InChI is InChI=1S/C26H38N4O5/c1-17-13-20(6-7-21(17)23(33)27-15-19(32)16-31)34-12-4-5-18-8-10-30(11-9-18)25-28-24(35-29-25)22-14-26(22,2)3/h6-7,13,18-19,22,31-32H,4-5,8-12,14-16H2,1-3H3,(H,27,33)/t19-,22?/m0/s1. The van der Waals surface area contributed by atoms with E-state index in [2.05, 4.69) is 34.2 Å². The summed E-state index contributed by atoms with van der Waals surface area (Å²) in [5.41, 5.74) is 1.63. The number of nitrogens with one attached hydrogen (secondary N) is 1. The summed E-state index contributed by atoms with van der Waals surface area (Å²) in [5, 5.41) is 25.1. The highest BCUT2D eigenvalue weighted by Gasteiger charge is 2.50. The lowest BCUT2D eigenvalue weighted by Gasteiger charge is -2.30. The molecule has 2 heterocycles. The van der Waals surface area contributed by atoms with Crippen molar-refractivity contribution in [1.82, 2.24) is 15.5 Å². The number of aryl methyl sites for hydroxylation is 1. The van der Waals surface area contributed by atoms with Crippen molar-refractivity contribution in [1.29, 1.82) is 0 Å². The van der Waals surface area contributed by atoms with Crippen molar-refractivity contribution in [2.75, 3.05) is 37.7 Å².